The summed E-state index contributed by atoms with van der Waals surface area (Å²) in [7, 11) is 0. The average Bonchev–Trinajstić information content (AvgIpc) is 2.20. The molecule has 0 bridgehead atoms. The van der Waals surface area contributed by atoms with Gasteiger partial charge in [-0.3, -0.25) is 0 Å². The van der Waals surface area contributed by atoms with Crippen LogP contribution in [0.4, 0.5) is 23.2 Å². The average molecular weight is 235 g/mol. The Labute approximate surface area is 91.7 Å². The number of alkyl halides is 3. The van der Waals surface area contributed by atoms with Crippen molar-refractivity contribution >= 4 is 5.69 Å². The molecule has 1 aromatic carbocycles. The quantitative estimate of drug-likeness (QED) is 0.722. The highest BCUT2D eigenvalue weighted by atomic mass is 19.4. The first-order valence-electron chi connectivity index (χ1n) is 5.01. The number of anilines is 1. The lowest BCUT2D eigenvalue weighted by Gasteiger charge is -2.24. The van der Waals surface area contributed by atoms with Crippen molar-refractivity contribution in [2.24, 2.45) is 0 Å². The Bertz CT molecular complexity index is 355. The van der Waals surface area contributed by atoms with Gasteiger partial charge in [0.15, 0.2) is 0 Å². The van der Waals surface area contributed by atoms with Gasteiger partial charge in [-0.25, -0.2) is 4.39 Å². The number of nitrogens with zero attached hydrogens (tertiary/aromatic N) is 1. The minimum absolute atomic E-state index is 0.0268. The van der Waals surface area contributed by atoms with Crippen molar-refractivity contribution in [1.82, 2.24) is 0 Å². The molecule has 0 aromatic heterocycles. The number of halogens is 4. The molecule has 0 heterocycles. The summed E-state index contributed by atoms with van der Waals surface area (Å²) in [5.41, 5.74) is -0.893. The highest BCUT2D eigenvalue weighted by molar-refractivity contribution is 5.55. The Morgan fingerprint density at radius 1 is 1.12 bits per heavy atom. The van der Waals surface area contributed by atoms with E-state index < -0.39 is 17.6 Å². The molecule has 90 valence electrons. The third-order valence-corrected chi connectivity index (χ3v) is 2.37. The van der Waals surface area contributed by atoms with Crippen molar-refractivity contribution in [3.63, 3.8) is 0 Å². The molecule has 0 atom stereocenters. The normalized spacial score (nSPS) is 11.6. The highest BCUT2D eigenvalue weighted by Gasteiger charge is 2.34. The van der Waals surface area contributed by atoms with E-state index >= 15 is 0 Å². The Kier molecular flexibility index (Phi) is 3.78. The monoisotopic (exact) mass is 235 g/mol. The maximum absolute atomic E-state index is 12.8. The molecule has 0 amide bonds. The molecule has 0 aliphatic rings. The van der Waals surface area contributed by atoms with Crippen molar-refractivity contribution in [3.05, 3.63) is 29.6 Å². The van der Waals surface area contributed by atoms with Gasteiger partial charge >= 0.3 is 6.18 Å². The number of benzene rings is 1. The van der Waals surface area contributed by atoms with Crippen molar-refractivity contribution in [2.75, 3.05) is 18.0 Å². The molecule has 16 heavy (non-hydrogen) atoms. The Morgan fingerprint density at radius 3 is 2.12 bits per heavy atom. The topological polar surface area (TPSA) is 3.24 Å². The van der Waals surface area contributed by atoms with Gasteiger partial charge in [0.2, 0.25) is 0 Å². The predicted molar refractivity (Wildman–Crippen MR) is 55.0 cm³/mol. The fraction of sp³-hybridized carbons (Fsp3) is 0.455. The van der Waals surface area contributed by atoms with Crippen LogP contribution in [0.1, 0.15) is 19.4 Å². The second-order valence-electron chi connectivity index (χ2n) is 3.33. The van der Waals surface area contributed by atoms with E-state index in [0.29, 0.717) is 19.2 Å². The summed E-state index contributed by atoms with van der Waals surface area (Å²) in [5, 5.41) is 0. The van der Waals surface area contributed by atoms with Gasteiger partial charge in [-0.05, 0) is 32.0 Å². The molecule has 0 radical (unpaired) electrons. The molecule has 1 nitrogen and oxygen atoms in total. The molecule has 1 rings (SSSR count). The van der Waals surface area contributed by atoms with Gasteiger partial charge < -0.3 is 4.90 Å². The zero-order valence-corrected chi connectivity index (χ0v) is 9.11. The van der Waals surface area contributed by atoms with E-state index in [4.69, 9.17) is 0 Å². The van der Waals surface area contributed by atoms with E-state index in [1.165, 1.54) is 6.07 Å². The van der Waals surface area contributed by atoms with Crippen LogP contribution in [0.2, 0.25) is 0 Å². The van der Waals surface area contributed by atoms with Gasteiger partial charge in [0.05, 0.1) is 5.56 Å². The lowest BCUT2D eigenvalue weighted by Crippen LogP contribution is -2.25. The van der Waals surface area contributed by atoms with Crippen LogP contribution in [0.3, 0.4) is 0 Å². The summed E-state index contributed by atoms with van der Waals surface area (Å²) in [5.74, 6) is -0.872. The van der Waals surface area contributed by atoms with Gasteiger partial charge in [-0.2, -0.15) is 13.2 Å². The van der Waals surface area contributed by atoms with Crippen LogP contribution in [0.25, 0.3) is 0 Å². The van der Waals surface area contributed by atoms with E-state index in [-0.39, 0.29) is 5.69 Å². The van der Waals surface area contributed by atoms with Crippen LogP contribution in [0.15, 0.2) is 18.2 Å². The van der Waals surface area contributed by atoms with Gasteiger partial charge in [-0.15, -0.1) is 0 Å². The van der Waals surface area contributed by atoms with Crippen molar-refractivity contribution in [1.29, 1.82) is 0 Å². The molecule has 0 spiro atoms. The molecular weight excluding hydrogens is 222 g/mol. The van der Waals surface area contributed by atoms with Gasteiger partial charge in [0, 0.05) is 18.8 Å². The first-order valence-corrected chi connectivity index (χ1v) is 5.01. The molecular formula is C11H13F4N. The Balaban J connectivity index is 3.27. The maximum Gasteiger partial charge on any atom is 0.418 e. The Morgan fingerprint density at radius 2 is 1.69 bits per heavy atom. The van der Waals surface area contributed by atoms with E-state index in [0.717, 1.165) is 6.07 Å². The number of rotatable bonds is 3. The Hall–Kier alpha value is -1.26. The molecule has 0 unspecified atom stereocenters. The maximum atomic E-state index is 12.8. The van der Waals surface area contributed by atoms with E-state index in [1.807, 2.05) is 0 Å². The summed E-state index contributed by atoms with van der Waals surface area (Å²) >= 11 is 0. The standard InChI is InChI=1S/C11H13F4N/c1-3-16(4-2)10-6-5-8(12)7-9(10)11(13,14)15/h5-7H,3-4H2,1-2H3. The SMILES string of the molecule is CCN(CC)c1ccc(F)cc1C(F)(F)F. The molecule has 0 fully saturated rings. The van der Waals surface area contributed by atoms with Crippen molar-refractivity contribution in [2.45, 2.75) is 20.0 Å². The molecule has 0 saturated carbocycles. The second-order valence-corrected chi connectivity index (χ2v) is 3.33. The molecule has 0 aliphatic carbocycles. The highest BCUT2D eigenvalue weighted by Crippen LogP contribution is 2.36. The summed E-state index contributed by atoms with van der Waals surface area (Å²) in [4.78, 5) is 1.54. The van der Waals surface area contributed by atoms with E-state index in [9.17, 15) is 17.6 Å². The lowest BCUT2D eigenvalue weighted by atomic mass is 10.1. The van der Waals surface area contributed by atoms with Crippen LogP contribution < -0.4 is 4.90 Å². The zero-order chi connectivity index (χ0) is 12.3. The zero-order valence-electron chi connectivity index (χ0n) is 9.11. The minimum atomic E-state index is -4.53. The summed E-state index contributed by atoms with van der Waals surface area (Å²) < 4.78 is 50.8. The fourth-order valence-electron chi connectivity index (χ4n) is 1.58. The lowest BCUT2D eigenvalue weighted by molar-refractivity contribution is -0.137. The number of hydrogen-bond acceptors (Lipinski definition) is 1. The molecule has 0 N–H and O–H groups in total. The fourth-order valence-corrected chi connectivity index (χ4v) is 1.58. The van der Waals surface area contributed by atoms with Crippen LogP contribution in [0.5, 0.6) is 0 Å². The number of hydrogen-bond donors (Lipinski definition) is 0. The van der Waals surface area contributed by atoms with Gasteiger partial charge in [0.1, 0.15) is 5.82 Å². The predicted octanol–water partition coefficient (Wildman–Crippen LogP) is 3.69. The van der Waals surface area contributed by atoms with Crippen LogP contribution in [0, 0.1) is 5.82 Å². The van der Waals surface area contributed by atoms with E-state index in [2.05, 4.69) is 0 Å². The van der Waals surface area contributed by atoms with E-state index in [1.54, 1.807) is 18.7 Å². The molecule has 5 heteroatoms. The van der Waals surface area contributed by atoms with Crippen LogP contribution in [-0.4, -0.2) is 13.1 Å². The third kappa shape index (κ3) is 2.65. The van der Waals surface area contributed by atoms with Gasteiger partial charge in [-0.1, -0.05) is 0 Å². The van der Waals surface area contributed by atoms with Crippen LogP contribution >= 0.6 is 0 Å². The first kappa shape index (κ1) is 12.8. The molecule has 1 aromatic rings. The third-order valence-electron chi connectivity index (χ3n) is 2.37. The minimum Gasteiger partial charge on any atom is -0.372 e. The van der Waals surface area contributed by atoms with Crippen molar-refractivity contribution < 1.29 is 17.6 Å². The van der Waals surface area contributed by atoms with Crippen molar-refractivity contribution in [3.8, 4) is 0 Å². The van der Waals surface area contributed by atoms with Gasteiger partial charge in [0.25, 0.3) is 0 Å². The summed E-state index contributed by atoms with van der Waals surface area (Å²) in [6.07, 6.45) is -4.53. The summed E-state index contributed by atoms with van der Waals surface area (Å²) in [6.45, 7) is 4.41. The summed E-state index contributed by atoms with van der Waals surface area (Å²) in [6, 6.07) is 2.75. The first-order chi connectivity index (χ1) is 7.40. The van der Waals surface area contributed by atoms with Crippen LogP contribution in [-0.2, 0) is 6.18 Å². The molecule has 0 saturated heterocycles. The second kappa shape index (κ2) is 4.72. The smallest absolute Gasteiger partial charge is 0.372 e. The largest absolute Gasteiger partial charge is 0.418 e. The molecule has 0 aliphatic heterocycles.